The molecule has 10 aromatic rings. The zero-order chi connectivity index (χ0) is 29.7. The Morgan fingerprint density at radius 3 is 1.80 bits per heavy atom. The molecule has 0 radical (unpaired) electrons. The molecule has 212 valence electrons. The van der Waals surface area contributed by atoms with Crippen molar-refractivity contribution >= 4 is 71.8 Å². The quantitative estimate of drug-likeness (QED) is 0.183. The molecule has 6 heterocycles. The van der Waals surface area contributed by atoms with Crippen LogP contribution in [0.4, 0.5) is 0 Å². The van der Waals surface area contributed by atoms with E-state index in [1.807, 2.05) is 18.7 Å². The molecule has 7 heteroatoms. The number of para-hydroxylation sites is 2. The van der Waals surface area contributed by atoms with Gasteiger partial charge in [0.2, 0.25) is 0 Å². The Morgan fingerprint density at radius 2 is 1.15 bits per heavy atom. The molecule has 0 fully saturated rings. The predicted molar refractivity (Wildman–Crippen MR) is 186 cm³/mol. The maximum Gasteiger partial charge on any atom is 0.506 e. The SMILES string of the molecule is c1ccc2c(c1)ccc1c2c2cccc3c2n1[B-]1(n2ccnc2)n2c4ccc5ccccc5c4c4cccc(c42)-c2nccc-3[n+]21. The predicted octanol–water partition coefficient (Wildman–Crippen LogP) is 7.98. The number of hydrogen-bond acceptors (Lipinski definition) is 2. The van der Waals surface area contributed by atoms with Gasteiger partial charge >= 0.3 is 6.69 Å². The van der Waals surface area contributed by atoms with Gasteiger partial charge in [-0.2, -0.15) is 0 Å². The summed E-state index contributed by atoms with van der Waals surface area (Å²) in [5.74, 6) is 0.960. The smallest absolute Gasteiger partial charge is 0.435 e. The third kappa shape index (κ3) is 2.37. The fourth-order valence-corrected chi connectivity index (χ4v) is 9.27. The highest BCUT2D eigenvalue weighted by Crippen LogP contribution is 2.48. The van der Waals surface area contributed by atoms with Crippen LogP contribution in [0, 0.1) is 0 Å². The van der Waals surface area contributed by atoms with Crippen molar-refractivity contribution < 1.29 is 4.48 Å². The van der Waals surface area contributed by atoms with Gasteiger partial charge in [-0.1, -0.05) is 89.9 Å². The molecule has 0 bridgehead atoms. The van der Waals surface area contributed by atoms with Gasteiger partial charge in [0.15, 0.2) is 0 Å². The summed E-state index contributed by atoms with van der Waals surface area (Å²) in [5, 5.41) is 10.0. The molecular weight excluding hydrogens is 563 g/mol. The summed E-state index contributed by atoms with van der Waals surface area (Å²) in [6, 6.07) is 42.4. The van der Waals surface area contributed by atoms with E-state index in [0.29, 0.717) is 0 Å². The molecule has 46 heavy (non-hydrogen) atoms. The molecule has 1 atom stereocenters. The Balaban J connectivity index is 1.45. The number of aromatic nitrogens is 6. The van der Waals surface area contributed by atoms with Crippen LogP contribution >= 0.6 is 0 Å². The zero-order valence-electron chi connectivity index (χ0n) is 24.5. The highest BCUT2D eigenvalue weighted by Gasteiger charge is 2.53. The number of imidazole rings is 1. The zero-order valence-corrected chi connectivity index (χ0v) is 24.5. The minimum Gasteiger partial charge on any atom is -0.435 e. The Morgan fingerprint density at radius 1 is 0.543 bits per heavy atom. The molecule has 1 unspecified atom stereocenters. The molecule has 0 aliphatic carbocycles. The normalized spacial score (nSPS) is 16.3. The lowest BCUT2D eigenvalue weighted by atomic mass is 9.66. The Labute approximate surface area is 262 Å². The van der Waals surface area contributed by atoms with Crippen LogP contribution in [0.2, 0.25) is 0 Å². The van der Waals surface area contributed by atoms with Crippen molar-refractivity contribution in [3.63, 3.8) is 0 Å². The van der Waals surface area contributed by atoms with Crippen LogP contribution in [0.25, 0.3) is 87.8 Å². The van der Waals surface area contributed by atoms with Crippen LogP contribution in [-0.2, 0) is 0 Å². The van der Waals surface area contributed by atoms with E-state index in [1.54, 1.807) is 0 Å². The largest absolute Gasteiger partial charge is 0.506 e. The minimum absolute atomic E-state index is 0.960. The van der Waals surface area contributed by atoms with Gasteiger partial charge in [-0.15, -0.1) is 0 Å². The Hall–Kier alpha value is -6.21. The summed E-state index contributed by atoms with van der Waals surface area (Å²) < 4.78 is 10.1. The molecule has 2 aliphatic rings. The van der Waals surface area contributed by atoms with Crippen molar-refractivity contribution in [1.29, 1.82) is 0 Å². The van der Waals surface area contributed by atoms with Gasteiger partial charge in [0.25, 0.3) is 5.82 Å². The first-order valence-electron chi connectivity index (χ1n) is 15.8. The van der Waals surface area contributed by atoms with Crippen LogP contribution in [0.5, 0.6) is 0 Å². The van der Waals surface area contributed by atoms with Crippen LogP contribution in [0.1, 0.15) is 0 Å². The van der Waals surface area contributed by atoms with E-state index in [1.165, 1.54) is 70.7 Å². The second-order valence-electron chi connectivity index (χ2n) is 12.7. The fourth-order valence-electron chi connectivity index (χ4n) is 9.27. The van der Waals surface area contributed by atoms with Gasteiger partial charge in [0, 0.05) is 61.4 Å². The van der Waals surface area contributed by atoms with Crippen LogP contribution in [-0.4, -0.2) is 30.1 Å². The van der Waals surface area contributed by atoms with Gasteiger partial charge in [-0.25, -0.2) is 4.98 Å². The fraction of sp³-hybridized carbons (Fsp3) is 0. The summed E-state index contributed by atoms with van der Waals surface area (Å²) in [4.78, 5) is 9.90. The van der Waals surface area contributed by atoms with Crippen molar-refractivity contribution in [2.75, 3.05) is 0 Å². The third-order valence-corrected chi connectivity index (χ3v) is 10.8. The molecule has 6 nitrogen and oxygen atoms in total. The summed E-state index contributed by atoms with van der Waals surface area (Å²) in [7, 11) is 0. The monoisotopic (exact) mass is 586 g/mol. The molecule has 6 aromatic carbocycles. The molecule has 12 rings (SSSR count). The molecule has 0 N–H and O–H groups in total. The van der Waals surface area contributed by atoms with Crippen LogP contribution in [0.15, 0.2) is 140 Å². The summed E-state index contributed by atoms with van der Waals surface area (Å²) in [5.41, 5.74) is 8.30. The molecule has 0 saturated heterocycles. The number of nitrogens with zero attached hydrogens (tertiary/aromatic N) is 6. The first-order chi connectivity index (χ1) is 22.9. The van der Waals surface area contributed by atoms with E-state index in [9.17, 15) is 0 Å². The maximum absolute atomic E-state index is 5.19. The van der Waals surface area contributed by atoms with Gasteiger partial charge in [0.1, 0.15) is 6.20 Å². The lowest BCUT2D eigenvalue weighted by molar-refractivity contribution is -0.536. The van der Waals surface area contributed by atoms with Gasteiger partial charge < -0.3 is 17.9 Å². The van der Waals surface area contributed by atoms with Crippen molar-refractivity contribution in [2.24, 2.45) is 0 Å². The molecule has 2 aliphatic heterocycles. The standard InChI is InChI=1S/C39H23BN6/c1-3-9-26-24(7-1)15-17-33-35(26)29-12-5-11-28-32-19-20-42-39-31-14-6-13-30-36-27-10-4-2-8-25(27)16-18-34(36)45(38(30)31)40(46(32)39,44(33)37(28)29)43-22-21-41-23-43/h1-23H. The summed E-state index contributed by atoms with van der Waals surface area (Å²) in [6.07, 6.45) is 8.01. The number of benzene rings is 6. The highest BCUT2D eigenvalue weighted by molar-refractivity contribution is 6.73. The van der Waals surface area contributed by atoms with Crippen molar-refractivity contribution in [3.05, 3.63) is 140 Å². The van der Waals surface area contributed by atoms with Crippen molar-refractivity contribution in [3.8, 4) is 22.6 Å². The molecule has 0 spiro atoms. The Kier molecular flexibility index (Phi) is 3.89. The first-order valence-corrected chi connectivity index (χ1v) is 15.8. The second kappa shape index (κ2) is 7.71. The highest BCUT2D eigenvalue weighted by atomic mass is 15.4. The third-order valence-electron chi connectivity index (χ3n) is 10.8. The van der Waals surface area contributed by atoms with E-state index < -0.39 is 6.69 Å². The van der Waals surface area contributed by atoms with E-state index in [4.69, 9.17) is 9.97 Å². The lowest BCUT2D eigenvalue weighted by Gasteiger charge is -2.49. The maximum atomic E-state index is 5.19. The van der Waals surface area contributed by atoms with Crippen molar-refractivity contribution in [1.82, 2.24) is 23.4 Å². The van der Waals surface area contributed by atoms with Crippen LogP contribution < -0.4 is 4.48 Å². The minimum atomic E-state index is -2.01. The topological polar surface area (TPSA) is 44.5 Å². The van der Waals surface area contributed by atoms with Gasteiger partial charge in [-0.05, 0) is 52.0 Å². The number of hydrogen-bond donors (Lipinski definition) is 0. The summed E-state index contributed by atoms with van der Waals surface area (Å²) >= 11 is 0. The van der Waals surface area contributed by atoms with E-state index >= 15 is 0 Å². The van der Waals surface area contributed by atoms with Crippen LogP contribution in [0.3, 0.4) is 0 Å². The average molecular weight is 586 g/mol. The van der Waals surface area contributed by atoms with Gasteiger partial charge in [-0.3, -0.25) is 0 Å². The van der Waals surface area contributed by atoms with E-state index in [0.717, 1.165) is 17.1 Å². The molecular formula is C39H23BN6. The lowest BCUT2D eigenvalue weighted by Crippen LogP contribution is -2.81. The molecule has 4 aromatic heterocycles. The van der Waals surface area contributed by atoms with E-state index in [-0.39, 0.29) is 0 Å². The number of fused-ring (bicyclic) bond motifs is 14. The molecule has 0 saturated carbocycles. The number of rotatable bonds is 1. The average Bonchev–Trinajstić information content (AvgIpc) is 3.86. The van der Waals surface area contributed by atoms with Crippen molar-refractivity contribution in [2.45, 2.75) is 0 Å². The Bertz CT molecular complexity index is 2810. The molecule has 0 amide bonds. The first kappa shape index (κ1) is 23.2. The van der Waals surface area contributed by atoms with Gasteiger partial charge in [0.05, 0.1) is 17.6 Å². The van der Waals surface area contributed by atoms with E-state index in [2.05, 4.69) is 139 Å². The second-order valence-corrected chi connectivity index (χ2v) is 12.7. The summed E-state index contributed by atoms with van der Waals surface area (Å²) in [6.45, 7) is -2.01.